The molecule has 4 aliphatic rings. The summed E-state index contributed by atoms with van der Waals surface area (Å²) in [5.41, 5.74) is 3.91. The van der Waals surface area contributed by atoms with Gasteiger partial charge in [-0.25, -0.2) is 14.2 Å². The first-order chi connectivity index (χ1) is 18.9. The minimum Gasteiger partial charge on any atom is -0.443 e. The van der Waals surface area contributed by atoms with Gasteiger partial charge in [-0.05, 0) is 76.5 Å². The maximum atomic E-state index is 15.2. The molecule has 11 heteroatoms. The van der Waals surface area contributed by atoms with Crippen LogP contribution in [0.5, 0.6) is 0 Å². The molecule has 1 atom stereocenters. The Kier molecular flexibility index (Phi) is 7.98. The van der Waals surface area contributed by atoms with Crippen LogP contribution in [0, 0.1) is 11.2 Å². The molecule has 4 aliphatic heterocycles. The van der Waals surface area contributed by atoms with Crippen molar-refractivity contribution in [1.82, 2.24) is 20.7 Å². The number of likely N-dealkylation sites (N-methyl/N-ethyl adjacent to an activating group) is 1. The summed E-state index contributed by atoms with van der Waals surface area (Å²) in [6.07, 6.45) is 4.44. The Hall–Kier alpha value is -2.92. The van der Waals surface area contributed by atoms with Crippen molar-refractivity contribution in [2.45, 2.75) is 77.0 Å². The molecular weight excluding hydrogens is 515 g/mol. The van der Waals surface area contributed by atoms with Crippen molar-refractivity contribution in [3.05, 3.63) is 24.0 Å². The summed E-state index contributed by atoms with van der Waals surface area (Å²) in [5, 5.41) is 4.33. The molecule has 4 saturated heterocycles. The van der Waals surface area contributed by atoms with E-state index in [2.05, 4.69) is 20.5 Å². The molecule has 4 fully saturated rings. The number of amides is 3. The largest absolute Gasteiger partial charge is 0.443 e. The highest BCUT2D eigenvalue weighted by atomic mass is 19.1. The number of carbonyl (C=O) groups excluding carboxylic acids is 3. The van der Waals surface area contributed by atoms with Gasteiger partial charge < -0.3 is 14.5 Å². The van der Waals surface area contributed by atoms with Crippen LogP contribution in [0.1, 0.15) is 59.3 Å². The van der Waals surface area contributed by atoms with E-state index in [-0.39, 0.29) is 17.6 Å². The van der Waals surface area contributed by atoms with Gasteiger partial charge in [-0.1, -0.05) is 0 Å². The van der Waals surface area contributed by atoms with Crippen molar-refractivity contribution in [3.8, 4) is 0 Å². The van der Waals surface area contributed by atoms with Gasteiger partial charge in [0.25, 0.3) is 0 Å². The van der Waals surface area contributed by atoms with E-state index in [1.165, 1.54) is 6.07 Å². The van der Waals surface area contributed by atoms with Crippen molar-refractivity contribution in [2.24, 2.45) is 5.41 Å². The van der Waals surface area contributed by atoms with Gasteiger partial charge in [0.1, 0.15) is 17.5 Å². The number of likely N-dealkylation sites (tertiary alicyclic amines) is 1. The number of imide groups is 1. The number of ether oxygens (including phenoxy) is 1. The zero-order valence-corrected chi connectivity index (χ0v) is 24.2. The van der Waals surface area contributed by atoms with Crippen LogP contribution in [0.2, 0.25) is 0 Å². The second kappa shape index (κ2) is 11.2. The van der Waals surface area contributed by atoms with E-state index < -0.39 is 17.7 Å². The number of nitrogens with one attached hydrogen (secondary N) is 2. The number of piperidine rings is 3. The summed E-state index contributed by atoms with van der Waals surface area (Å²) >= 11 is 0. The van der Waals surface area contributed by atoms with Crippen molar-refractivity contribution in [1.29, 1.82) is 0 Å². The molecule has 2 N–H and O–H groups in total. The van der Waals surface area contributed by atoms with Crippen LogP contribution >= 0.6 is 0 Å². The SMILES string of the molecule is CN(c1ccc(N2CCC3(CC2)CN(C2CCN(NC(=O)OC(C)(C)C)CC2)C3)c(F)c1)C1CCC(=O)NC1=O. The quantitative estimate of drug-likeness (QED) is 0.533. The average molecular weight is 559 g/mol. The van der Waals surface area contributed by atoms with Crippen LogP contribution in [0.3, 0.4) is 0 Å². The smallest absolute Gasteiger partial charge is 0.422 e. The Morgan fingerprint density at radius 2 is 1.77 bits per heavy atom. The molecule has 1 aromatic carbocycles. The van der Waals surface area contributed by atoms with E-state index in [1.54, 1.807) is 11.9 Å². The number of carbonyl (C=O) groups is 3. The van der Waals surface area contributed by atoms with Gasteiger partial charge in [0, 0.05) is 64.5 Å². The van der Waals surface area contributed by atoms with E-state index in [9.17, 15) is 14.4 Å². The molecule has 220 valence electrons. The normalized spacial score (nSPS) is 24.4. The lowest BCUT2D eigenvalue weighted by Gasteiger charge is -2.57. The summed E-state index contributed by atoms with van der Waals surface area (Å²) in [6.45, 7) is 11.0. The number of hydrogen-bond donors (Lipinski definition) is 2. The van der Waals surface area contributed by atoms with Crippen LogP contribution in [0.4, 0.5) is 20.6 Å². The zero-order valence-electron chi connectivity index (χ0n) is 24.2. The van der Waals surface area contributed by atoms with Crippen LogP contribution in [-0.2, 0) is 14.3 Å². The second-order valence-corrected chi connectivity index (χ2v) is 12.9. The number of rotatable bonds is 5. The summed E-state index contributed by atoms with van der Waals surface area (Å²) in [7, 11) is 1.77. The lowest BCUT2D eigenvalue weighted by Crippen LogP contribution is -2.64. The standard InChI is InChI=1S/C29H43FN6O4/c1-28(2,3)40-27(39)32-36-13-9-20(10-14-36)35-18-29(19-35)11-15-34(16-12-29)23-6-5-21(17-22(23)30)33(4)24-7-8-25(37)31-26(24)38/h5-6,17,20,24H,7-16,18-19H2,1-4H3,(H,32,39)(H,31,37,38). The Morgan fingerprint density at radius 3 is 2.38 bits per heavy atom. The minimum atomic E-state index is -0.506. The topological polar surface area (TPSA) is 97.5 Å². The van der Waals surface area contributed by atoms with Gasteiger partial charge >= 0.3 is 6.09 Å². The van der Waals surface area contributed by atoms with Crippen LogP contribution in [0.25, 0.3) is 0 Å². The predicted octanol–water partition coefficient (Wildman–Crippen LogP) is 2.87. The molecular formula is C29H43FN6O4. The fourth-order valence-corrected chi connectivity index (χ4v) is 6.59. The molecule has 1 spiro atoms. The minimum absolute atomic E-state index is 0.258. The first-order valence-electron chi connectivity index (χ1n) is 14.5. The van der Waals surface area contributed by atoms with E-state index >= 15 is 4.39 Å². The molecule has 3 amide bonds. The Bertz CT molecular complexity index is 1120. The Morgan fingerprint density at radius 1 is 1.10 bits per heavy atom. The van der Waals surface area contributed by atoms with Gasteiger partial charge in [-0.15, -0.1) is 0 Å². The van der Waals surface area contributed by atoms with E-state index in [4.69, 9.17) is 4.74 Å². The Labute approximate surface area is 236 Å². The van der Waals surface area contributed by atoms with Gasteiger partial charge in [0.2, 0.25) is 11.8 Å². The molecule has 5 rings (SSSR count). The summed E-state index contributed by atoms with van der Waals surface area (Å²) < 4.78 is 20.6. The third kappa shape index (κ3) is 6.35. The highest BCUT2D eigenvalue weighted by Gasteiger charge is 2.47. The second-order valence-electron chi connectivity index (χ2n) is 12.9. The van der Waals surface area contributed by atoms with E-state index in [1.807, 2.05) is 37.9 Å². The van der Waals surface area contributed by atoms with Crippen molar-refractivity contribution in [3.63, 3.8) is 0 Å². The first kappa shape index (κ1) is 28.6. The highest BCUT2D eigenvalue weighted by Crippen LogP contribution is 2.43. The maximum Gasteiger partial charge on any atom is 0.422 e. The first-order valence-corrected chi connectivity index (χ1v) is 14.5. The number of benzene rings is 1. The summed E-state index contributed by atoms with van der Waals surface area (Å²) in [4.78, 5) is 42.2. The molecule has 1 aromatic rings. The number of halogens is 1. The summed E-state index contributed by atoms with van der Waals surface area (Å²) in [6, 6.07) is 5.23. The van der Waals surface area contributed by atoms with Gasteiger partial charge in [0.15, 0.2) is 0 Å². The molecule has 1 unspecified atom stereocenters. The zero-order chi connectivity index (χ0) is 28.7. The number of hydrogen-bond acceptors (Lipinski definition) is 8. The Balaban J connectivity index is 1.07. The number of anilines is 2. The monoisotopic (exact) mass is 558 g/mol. The van der Waals surface area contributed by atoms with Crippen molar-refractivity contribution >= 4 is 29.3 Å². The molecule has 4 heterocycles. The molecule has 0 aliphatic carbocycles. The van der Waals surface area contributed by atoms with E-state index in [0.717, 1.165) is 65.0 Å². The van der Waals surface area contributed by atoms with Crippen LogP contribution in [0.15, 0.2) is 18.2 Å². The highest BCUT2D eigenvalue weighted by molar-refractivity contribution is 6.01. The fourth-order valence-electron chi connectivity index (χ4n) is 6.59. The predicted molar refractivity (Wildman–Crippen MR) is 150 cm³/mol. The number of nitrogens with zero attached hydrogens (tertiary/aromatic N) is 4. The van der Waals surface area contributed by atoms with Crippen LogP contribution in [-0.4, -0.2) is 91.8 Å². The summed E-state index contributed by atoms with van der Waals surface area (Å²) in [5.74, 6) is -0.872. The van der Waals surface area contributed by atoms with Gasteiger partial charge in [0.05, 0.1) is 5.69 Å². The van der Waals surface area contributed by atoms with Gasteiger partial charge in [-0.2, -0.15) is 0 Å². The molecule has 10 nitrogen and oxygen atoms in total. The molecule has 0 bridgehead atoms. The molecule has 40 heavy (non-hydrogen) atoms. The lowest BCUT2D eigenvalue weighted by molar-refractivity contribution is -0.134. The average Bonchev–Trinajstić information content (AvgIpc) is 2.86. The van der Waals surface area contributed by atoms with Crippen molar-refractivity contribution < 1.29 is 23.5 Å². The fraction of sp³-hybridized carbons (Fsp3) is 0.690. The number of hydrazine groups is 1. The molecule has 0 radical (unpaired) electrons. The van der Waals surface area contributed by atoms with Gasteiger partial charge in [-0.3, -0.25) is 25.2 Å². The van der Waals surface area contributed by atoms with Crippen molar-refractivity contribution in [2.75, 3.05) is 56.1 Å². The van der Waals surface area contributed by atoms with Crippen LogP contribution < -0.4 is 20.5 Å². The third-order valence-electron chi connectivity index (χ3n) is 8.89. The maximum absolute atomic E-state index is 15.2. The molecule has 0 saturated carbocycles. The lowest BCUT2D eigenvalue weighted by atomic mass is 9.71. The third-order valence-corrected chi connectivity index (χ3v) is 8.89. The molecule has 0 aromatic heterocycles. The van der Waals surface area contributed by atoms with E-state index in [0.29, 0.717) is 35.7 Å².